The van der Waals surface area contributed by atoms with E-state index in [0.717, 1.165) is 16.9 Å². The first-order valence-corrected chi connectivity index (χ1v) is 12.5. The second-order valence-electron chi connectivity index (χ2n) is 7.97. The van der Waals surface area contributed by atoms with Gasteiger partial charge in [0.2, 0.25) is 9.84 Å². The van der Waals surface area contributed by atoms with Crippen molar-refractivity contribution in [2.45, 2.75) is 23.6 Å². The lowest BCUT2D eigenvalue weighted by Crippen LogP contribution is -2.06. The molecule has 0 saturated heterocycles. The number of aromatic nitrogens is 3. The number of nitrogen functional groups attached to an aromatic ring is 1. The minimum atomic E-state index is -3.99. The molecule has 3 aromatic carbocycles. The van der Waals surface area contributed by atoms with Gasteiger partial charge in [0, 0.05) is 0 Å². The van der Waals surface area contributed by atoms with Crippen LogP contribution in [-0.4, -0.2) is 35.9 Å². The lowest BCUT2D eigenvalue weighted by atomic mass is 10.2. The molecule has 0 aliphatic carbocycles. The number of hydrogen-bond donors (Lipinski definition) is 1. The Labute approximate surface area is 202 Å². The predicted molar refractivity (Wildman–Crippen MR) is 137 cm³/mol. The SMILES string of the molecule is CCOc1ccc(/C=N/n2c(N)c(S(=O)(=O)c3ccc(C)cc3)c3nc4ccccc4nc32)cc1. The van der Waals surface area contributed by atoms with Crippen molar-refractivity contribution in [2.24, 2.45) is 5.10 Å². The first-order chi connectivity index (χ1) is 16.9. The largest absolute Gasteiger partial charge is 0.494 e. The number of fused-ring (bicyclic) bond motifs is 2. The van der Waals surface area contributed by atoms with Crippen LogP contribution in [0.5, 0.6) is 5.75 Å². The highest BCUT2D eigenvalue weighted by Gasteiger charge is 2.30. The molecule has 0 aliphatic heterocycles. The molecular formula is C26H23N5O3S. The Balaban J connectivity index is 1.71. The van der Waals surface area contributed by atoms with E-state index in [-0.39, 0.29) is 26.8 Å². The second-order valence-corrected chi connectivity index (χ2v) is 9.86. The van der Waals surface area contributed by atoms with E-state index in [4.69, 9.17) is 10.5 Å². The van der Waals surface area contributed by atoms with Crippen molar-refractivity contribution in [3.05, 3.63) is 83.9 Å². The van der Waals surface area contributed by atoms with E-state index in [1.807, 2.05) is 50.2 Å². The summed E-state index contributed by atoms with van der Waals surface area (Å²) >= 11 is 0. The Bertz CT molecular complexity index is 1670. The number of benzene rings is 3. The highest BCUT2D eigenvalue weighted by molar-refractivity contribution is 7.92. The Kier molecular flexibility index (Phi) is 5.70. The topological polar surface area (TPSA) is 112 Å². The molecule has 5 rings (SSSR count). The smallest absolute Gasteiger partial charge is 0.212 e. The van der Waals surface area contributed by atoms with Crippen molar-refractivity contribution >= 4 is 44.1 Å². The fraction of sp³-hybridized carbons (Fsp3) is 0.115. The normalized spacial score (nSPS) is 12.1. The van der Waals surface area contributed by atoms with Crippen LogP contribution >= 0.6 is 0 Å². The number of aryl methyl sites for hydroxylation is 1. The number of rotatable bonds is 6. The average molecular weight is 486 g/mol. The summed E-state index contributed by atoms with van der Waals surface area (Å²) in [5, 5.41) is 4.49. The molecule has 0 fully saturated rings. The third kappa shape index (κ3) is 4.10. The number of sulfone groups is 1. The van der Waals surface area contributed by atoms with Crippen LogP contribution in [0.2, 0.25) is 0 Å². The zero-order chi connectivity index (χ0) is 24.6. The van der Waals surface area contributed by atoms with Gasteiger partial charge < -0.3 is 10.5 Å². The molecule has 35 heavy (non-hydrogen) atoms. The predicted octanol–water partition coefficient (Wildman–Crippen LogP) is 4.59. The van der Waals surface area contributed by atoms with Crippen molar-refractivity contribution in [1.82, 2.24) is 14.6 Å². The number of ether oxygens (including phenoxy) is 1. The van der Waals surface area contributed by atoms with Crippen molar-refractivity contribution in [1.29, 1.82) is 0 Å². The molecule has 2 aromatic heterocycles. The lowest BCUT2D eigenvalue weighted by Gasteiger charge is -2.05. The van der Waals surface area contributed by atoms with E-state index in [9.17, 15) is 8.42 Å². The van der Waals surface area contributed by atoms with E-state index < -0.39 is 9.84 Å². The maximum Gasteiger partial charge on any atom is 0.212 e. The highest BCUT2D eigenvalue weighted by Crippen LogP contribution is 2.35. The third-order valence-corrected chi connectivity index (χ3v) is 7.37. The molecule has 0 unspecified atom stereocenters. The van der Waals surface area contributed by atoms with Crippen LogP contribution < -0.4 is 10.5 Å². The van der Waals surface area contributed by atoms with Gasteiger partial charge in [0.05, 0.1) is 28.8 Å². The van der Waals surface area contributed by atoms with Crippen LogP contribution in [0.1, 0.15) is 18.1 Å². The molecule has 0 spiro atoms. The Morgan fingerprint density at radius 2 is 1.63 bits per heavy atom. The number of para-hydroxylation sites is 2. The summed E-state index contributed by atoms with van der Waals surface area (Å²) in [5.41, 5.74) is 9.76. The van der Waals surface area contributed by atoms with Gasteiger partial charge in [-0.25, -0.2) is 18.4 Å². The summed E-state index contributed by atoms with van der Waals surface area (Å²) in [6.45, 7) is 4.39. The molecule has 8 nitrogen and oxygen atoms in total. The maximum atomic E-state index is 13.7. The van der Waals surface area contributed by atoms with Crippen LogP contribution in [0.15, 0.2) is 87.7 Å². The molecule has 2 N–H and O–H groups in total. The maximum absolute atomic E-state index is 13.7. The molecule has 5 aromatic rings. The number of hydrogen-bond acceptors (Lipinski definition) is 7. The van der Waals surface area contributed by atoms with E-state index >= 15 is 0 Å². The zero-order valence-corrected chi connectivity index (χ0v) is 20.0. The molecule has 0 aliphatic rings. The van der Waals surface area contributed by atoms with Gasteiger partial charge in [-0.3, -0.25) is 0 Å². The van der Waals surface area contributed by atoms with E-state index in [1.54, 1.807) is 42.6 Å². The standard InChI is InChI=1S/C26H23N5O3S/c1-3-34-19-12-10-18(11-13-19)16-28-31-25(27)24(35(32,33)20-14-8-17(2)9-15-20)23-26(31)30-22-7-5-4-6-21(22)29-23/h4-16H,3,27H2,1-2H3/b28-16+. The zero-order valence-electron chi connectivity index (χ0n) is 19.2. The molecule has 0 amide bonds. The van der Waals surface area contributed by atoms with Gasteiger partial charge in [-0.05, 0) is 67.9 Å². The van der Waals surface area contributed by atoms with Crippen LogP contribution in [0.4, 0.5) is 5.82 Å². The minimum absolute atomic E-state index is 0.0573. The summed E-state index contributed by atoms with van der Waals surface area (Å²) in [4.78, 5) is 9.29. The summed E-state index contributed by atoms with van der Waals surface area (Å²) in [6.07, 6.45) is 1.59. The minimum Gasteiger partial charge on any atom is -0.494 e. The molecule has 0 atom stereocenters. The van der Waals surface area contributed by atoms with E-state index in [1.165, 1.54) is 4.68 Å². The second kappa shape index (κ2) is 8.84. The number of nitrogens with two attached hydrogens (primary N) is 1. The van der Waals surface area contributed by atoms with Crippen LogP contribution in [0.3, 0.4) is 0 Å². The number of anilines is 1. The molecule has 176 valence electrons. The lowest BCUT2D eigenvalue weighted by molar-refractivity contribution is 0.340. The van der Waals surface area contributed by atoms with Crippen molar-refractivity contribution in [2.75, 3.05) is 12.3 Å². The monoisotopic (exact) mass is 485 g/mol. The van der Waals surface area contributed by atoms with Crippen LogP contribution in [0, 0.1) is 6.92 Å². The van der Waals surface area contributed by atoms with Gasteiger partial charge in [-0.1, -0.05) is 29.8 Å². The summed E-state index contributed by atoms with van der Waals surface area (Å²) < 4.78 is 34.2. The molecular weight excluding hydrogens is 462 g/mol. The Morgan fingerprint density at radius 1 is 0.971 bits per heavy atom. The summed E-state index contributed by atoms with van der Waals surface area (Å²) in [6, 6.07) is 21.2. The van der Waals surface area contributed by atoms with Crippen molar-refractivity contribution in [3.63, 3.8) is 0 Å². The first-order valence-electron chi connectivity index (χ1n) is 11.0. The van der Waals surface area contributed by atoms with Gasteiger partial charge >= 0.3 is 0 Å². The highest BCUT2D eigenvalue weighted by atomic mass is 32.2. The third-order valence-electron chi connectivity index (χ3n) is 5.54. The number of nitrogens with zero attached hydrogens (tertiary/aromatic N) is 4. The van der Waals surface area contributed by atoms with Gasteiger partial charge in [-0.15, -0.1) is 0 Å². The Hall–Kier alpha value is -4.24. The molecule has 9 heteroatoms. The van der Waals surface area contributed by atoms with E-state index in [0.29, 0.717) is 17.6 Å². The van der Waals surface area contributed by atoms with Gasteiger partial charge in [0.25, 0.3) is 0 Å². The van der Waals surface area contributed by atoms with Crippen molar-refractivity contribution in [3.8, 4) is 5.75 Å². The summed E-state index contributed by atoms with van der Waals surface area (Å²) in [7, 11) is -3.99. The summed E-state index contributed by atoms with van der Waals surface area (Å²) in [5.74, 6) is 0.692. The van der Waals surface area contributed by atoms with Crippen LogP contribution in [0.25, 0.3) is 22.2 Å². The van der Waals surface area contributed by atoms with E-state index in [2.05, 4.69) is 15.1 Å². The van der Waals surface area contributed by atoms with Gasteiger partial charge in [0.1, 0.15) is 22.0 Å². The van der Waals surface area contributed by atoms with Crippen LogP contribution in [-0.2, 0) is 9.84 Å². The average Bonchev–Trinajstić information content (AvgIpc) is 3.13. The first kappa shape index (κ1) is 22.5. The molecule has 2 heterocycles. The Morgan fingerprint density at radius 3 is 2.29 bits per heavy atom. The quantitative estimate of drug-likeness (QED) is 0.352. The molecule has 0 bridgehead atoms. The van der Waals surface area contributed by atoms with Crippen molar-refractivity contribution < 1.29 is 13.2 Å². The van der Waals surface area contributed by atoms with Gasteiger partial charge in [0.15, 0.2) is 5.65 Å². The fourth-order valence-corrected chi connectivity index (χ4v) is 5.26. The fourth-order valence-electron chi connectivity index (χ4n) is 3.78. The van der Waals surface area contributed by atoms with Gasteiger partial charge in [-0.2, -0.15) is 9.78 Å². The molecule has 0 saturated carbocycles. The molecule has 0 radical (unpaired) electrons.